The molecular formula is C12H24N2O2. The first-order valence-electron chi connectivity index (χ1n) is 6.27. The zero-order chi connectivity index (χ0) is 12.1. The van der Waals surface area contributed by atoms with Gasteiger partial charge >= 0.3 is 6.09 Å². The third kappa shape index (κ3) is 3.11. The van der Waals surface area contributed by atoms with Crippen molar-refractivity contribution in [2.45, 2.75) is 52.2 Å². The molecule has 0 aliphatic heterocycles. The average Bonchev–Trinajstić information content (AvgIpc) is 2.66. The van der Waals surface area contributed by atoms with Gasteiger partial charge in [-0.05, 0) is 46.1 Å². The molecule has 0 spiro atoms. The molecule has 2 atom stereocenters. The highest BCUT2D eigenvalue weighted by Crippen LogP contribution is 2.29. The first-order valence-corrected chi connectivity index (χ1v) is 6.27. The predicted octanol–water partition coefficient (Wildman–Crippen LogP) is 1.98. The van der Waals surface area contributed by atoms with Crippen molar-refractivity contribution >= 4 is 6.09 Å². The molecule has 94 valence electrons. The minimum atomic E-state index is -0.192. The van der Waals surface area contributed by atoms with Gasteiger partial charge in [0.05, 0.1) is 6.10 Å². The Morgan fingerprint density at radius 1 is 1.50 bits per heavy atom. The molecule has 0 radical (unpaired) electrons. The SMILES string of the molecule is CCN(C(=O)OC(C)C)C1CCCC1CN. The zero-order valence-corrected chi connectivity index (χ0v) is 10.6. The van der Waals surface area contributed by atoms with Gasteiger partial charge in [-0.1, -0.05) is 6.42 Å². The molecule has 4 heteroatoms. The number of amides is 1. The van der Waals surface area contributed by atoms with Gasteiger partial charge in [0.25, 0.3) is 0 Å². The van der Waals surface area contributed by atoms with Gasteiger partial charge in [-0.25, -0.2) is 4.79 Å². The van der Waals surface area contributed by atoms with Crippen LogP contribution >= 0.6 is 0 Å². The van der Waals surface area contributed by atoms with Crippen LogP contribution < -0.4 is 5.73 Å². The Morgan fingerprint density at radius 3 is 2.69 bits per heavy atom. The number of rotatable bonds is 4. The highest BCUT2D eigenvalue weighted by atomic mass is 16.6. The van der Waals surface area contributed by atoms with Crippen LogP contribution in [0.2, 0.25) is 0 Å². The molecule has 1 aliphatic rings. The van der Waals surface area contributed by atoms with E-state index in [-0.39, 0.29) is 18.2 Å². The summed E-state index contributed by atoms with van der Waals surface area (Å²) in [6.45, 7) is 7.11. The lowest BCUT2D eigenvalue weighted by Crippen LogP contribution is -2.44. The highest BCUT2D eigenvalue weighted by Gasteiger charge is 2.33. The van der Waals surface area contributed by atoms with Crippen molar-refractivity contribution in [2.75, 3.05) is 13.1 Å². The molecular weight excluding hydrogens is 204 g/mol. The van der Waals surface area contributed by atoms with Crippen molar-refractivity contribution in [3.63, 3.8) is 0 Å². The fraction of sp³-hybridized carbons (Fsp3) is 0.917. The van der Waals surface area contributed by atoms with E-state index in [1.165, 1.54) is 0 Å². The summed E-state index contributed by atoms with van der Waals surface area (Å²) in [6.07, 6.45) is 3.11. The third-order valence-corrected chi connectivity index (χ3v) is 3.23. The van der Waals surface area contributed by atoms with Crippen LogP contribution in [0.3, 0.4) is 0 Å². The van der Waals surface area contributed by atoms with E-state index in [9.17, 15) is 4.79 Å². The number of hydrogen-bond acceptors (Lipinski definition) is 3. The topological polar surface area (TPSA) is 55.6 Å². The number of nitrogens with zero attached hydrogens (tertiary/aromatic N) is 1. The molecule has 1 amide bonds. The molecule has 1 rings (SSSR count). The second kappa shape index (κ2) is 6.09. The molecule has 0 bridgehead atoms. The van der Waals surface area contributed by atoms with Gasteiger partial charge in [0, 0.05) is 12.6 Å². The van der Waals surface area contributed by atoms with Gasteiger partial charge in [-0.2, -0.15) is 0 Å². The third-order valence-electron chi connectivity index (χ3n) is 3.23. The van der Waals surface area contributed by atoms with Crippen LogP contribution in [0.15, 0.2) is 0 Å². The van der Waals surface area contributed by atoms with Gasteiger partial charge in [0.15, 0.2) is 0 Å². The molecule has 1 fully saturated rings. The Kier molecular flexibility index (Phi) is 5.06. The maximum atomic E-state index is 11.9. The molecule has 2 unspecified atom stereocenters. The largest absolute Gasteiger partial charge is 0.447 e. The molecule has 0 aromatic heterocycles. The van der Waals surface area contributed by atoms with Crippen LogP contribution in [0.25, 0.3) is 0 Å². The lowest BCUT2D eigenvalue weighted by Gasteiger charge is -2.31. The molecule has 0 heterocycles. The zero-order valence-electron chi connectivity index (χ0n) is 10.6. The number of hydrogen-bond donors (Lipinski definition) is 1. The van der Waals surface area contributed by atoms with Crippen LogP contribution in [0.4, 0.5) is 4.79 Å². The van der Waals surface area contributed by atoms with E-state index in [4.69, 9.17) is 10.5 Å². The Bertz CT molecular complexity index is 231. The second-order valence-corrected chi connectivity index (χ2v) is 4.71. The fourth-order valence-corrected chi connectivity index (χ4v) is 2.47. The monoisotopic (exact) mass is 228 g/mol. The lowest BCUT2D eigenvalue weighted by atomic mass is 10.0. The van der Waals surface area contributed by atoms with Crippen LogP contribution in [-0.4, -0.2) is 36.2 Å². The van der Waals surface area contributed by atoms with Crippen LogP contribution in [-0.2, 0) is 4.74 Å². The summed E-state index contributed by atoms with van der Waals surface area (Å²) in [5.74, 6) is 0.444. The normalized spacial score (nSPS) is 24.8. The van der Waals surface area contributed by atoms with Crippen molar-refractivity contribution in [3.8, 4) is 0 Å². The van der Waals surface area contributed by atoms with Crippen molar-refractivity contribution in [3.05, 3.63) is 0 Å². The van der Waals surface area contributed by atoms with E-state index in [1.807, 2.05) is 25.7 Å². The minimum Gasteiger partial charge on any atom is -0.447 e. The van der Waals surface area contributed by atoms with Gasteiger partial charge in [-0.15, -0.1) is 0 Å². The maximum absolute atomic E-state index is 11.9. The standard InChI is InChI=1S/C12H24N2O2/c1-4-14(12(15)16-9(2)3)11-7-5-6-10(11)8-13/h9-11H,4-8,13H2,1-3H3. The summed E-state index contributed by atoms with van der Waals surface area (Å²) in [7, 11) is 0. The lowest BCUT2D eigenvalue weighted by molar-refractivity contribution is 0.0590. The Balaban J connectivity index is 2.62. The van der Waals surface area contributed by atoms with Crippen LogP contribution in [0, 0.1) is 5.92 Å². The summed E-state index contributed by atoms with van der Waals surface area (Å²) in [5.41, 5.74) is 5.74. The molecule has 0 saturated heterocycles. The number of nitrogens with two attached hydrogens (primary N) is 1. The molecule has 1 saturated carbocycles. The minimum absolute atomic E-state index is 0.0562. The number of ether oxygens (including phenoxy) is 1. The van der Waals surface area contributed by atoms with E-state index < -0.39 is 0 Å². The molecule has 0 aromatic carbocycles. The van der Waals surface area contributed by atoms with E-state index in [0.29, 0.717) is 19.0 Å². The number of carbonyl (C=O) groups is 1. The van der Waals surface area contributed by atoms with E-state index >= 15 is 0 Å². The quantitative estimate of drug-likeness (QED) is 0.800. The summed E-state index contributed by atoms with van der Waals surface area (Å²) in [6, 6.07) is 0.279. The fourth-order valence-electron chi connectivity index (χ4n) is 2.47. The van der Waals surface area contributed by atoms with Crippen LogP contribution in [0.5, 0.6) is 0 Å². The first-order chi connectivity index (χ1) is 7.60. The van der Waals surface area contributed by atoms with Gasteiger partial charge in [0.1, 0.15) is 0 Å². The summed E-state index contributed by atoms with van der Waals surface area (Å²) in [4.78, 5) is 13.7. The molecule has 1 aliphatic carbocycles. The Morgan fingerprint density at radius 2 is 2.19 bits per heavy atom. The average molecular weight is 228 g/mol. The van der Waals surface area contributed by atoms with Gasteiger partial charge in [0.2, 0.25) is 0 Å². The smallest absolute Gasteiger partial charge is 0.410 e. The highest BCUT2D eigenvalue weighted by molar-refractivity contribution is 5.68. The maximum Gasteiger partial charge on any atom is 0.410 e. The molecule has 4 nitrogen and oxygen atoms in total. The Labute approximate surface area is 98.1 Å². The van der Waals surface area contributed by atoms with Crippen molar-refractivity contribution < 1.29 is 9.53 Å². The van der Waals surface area contributed by atoms with E-state index in [0.717, 1.165) is 19.3 Å². The second-order valence-electron chi connectivity index (χ2n) is 4.71. The van der Waals surface area contributed by atoms with Gasteiger partial charge in [-0.3, -0.25) is 0 Å². The summed E-state index contributed by atoms with van der Waals surface area (Å²) >= 11 is 0. The van der Waals surface area contributed by atoms with Crippen LogP contribution in [0.1, 0.15) is 40.0 Å². The van der Waals surface area contributed by atoms with E-state index in [2.05, 4.69) is 0 Å². The Hall–Kier alpha value is -0.770. The number of carbonyl (C=O) groups excluding carboxylic acids is 1. The van der Waals surface area contributed by atoms with Crippen molar-refractivity contribution in [2.24, 2.45) is 11.7 Å². The summed E-state index contributed by atoms with van der Waals surface area (Å²) < 4.78 is 5.25. The molecule has 16 heavy (non-hydrogen) atoms. The molecule has 0 aromatic rings. The van der Waals surface area contributed by atoms with E-state index in [1.54, 1.807) is 0 Å². The predicted molar refractivity (Wildman–Crippen MR) is 64.2 cm³/mol. The first kappa shape index (κ1) is 13.3. The molecule has 2 N–H and O–H groups in total. The summed E-state index contributed by atoms with van der Waals surface area (Å²) in [5, 5.41) is 0. The van der Waals surface area contributed by atoms with Crippen molar-refractivity contribution in [1.29, 1.82) is 0 Å². The van der Waals surface area contributed by atoms with Crippen molar-refractivity contribution in [1.82, 2.24) is 4.90 Å². The van der Waals surface area contributed by atoms with Gasteiger partial charge < -0.3 is 15.4 Å².